The maximum atomic E-state index is 10.3. The van der Waals surface area contributed by atoms with Gasteiger partial charge in [0.15, 0.2) is 6.20 Å². The predicted molar refractivity (Wildman–Crippen MR) is 48.1 cm³/mol. The molecule has 0 fully saturated rings. The van der Waals surface area contributed by atoms with Crippen LogP contribution in [-0.2, 0) is 5.88 Å². The second kappa shape index (κ2) is 3.82. The summed E-state index contributed by atoms with van der Waals surface area (Å²) in [6.07, 6.45) is 1.37. The van der Waals surface area contributed by atoms with Crippen LogP contribution in [0.5, 0.6) is 0 Å². The first-order valence-corrected chi connectivity index (χ1v) is 4.32. The first-order chi connectivity index (χ1) is 5.65. The Bertz CT molecular complexity index is 318. The molecule has 1 aromatic heterocycles. The van der Waals surface area contributed by atoms with E-state index >= 15 is 0 Å². The third-order valence-corrected chi connectivity index (χ3v) is 2.25. The molecular weight excluding hydrogens is 247 g/mol. The van der Waals surface area contributed by atoms with E-state index in [-0.39, 0.29) is 11.7 Å². The minimum Gasteiger partial charge on any atom is -0.358 e. The van der Waals surface area contributed by atoms with E-state index in [0.29, 0.717) is 10.0 Å². The molecule has 1 heterocycles. The zero-order chi connectivity index (χ0) is 9.14. The summed E-state index contributed by atoms with van der Waals surface area (Å²) in [6, 6.07) is 1.34. The normalized spacial score (nSPS) is 9.83. The summed E-state index contributed by atoms with van der Waals surface area (Å²) in [5.74, 6) is 0.0399. The van der Waals surface area contributed by atoms with Gasteiger partial charge < -0.3 is 10.1 Å². The molecule has 0 saturated heterocycles. The fourth-order valence-electron chi connectivity index (χ4n) is 0.670. The standard InChI is InChI=1S/C6H4BrClN2O2/c7-5-3-9-6(10(11)12)1-4(5)2-8/h1,3H,2H2. The molecule has 12 heavy (non-hydrogen) atoms. The molecule has 0 unspecified atom stereocenters. The first-order valence-electron chi connectivity index (χ1n) is 3.00. The van der Waals surface area contributed by atoms with E-state index in [0.717, 1.165) is 0 Å². The predicted octanol–water partition coefficient (Wildman–Crippen LogP) is 2.49. The summed E-state index contributed by atoms with van der Waals surface area (Å²) < 4.78 is 0.683. The molecule has 0 aliphatic heterocycles. The van der Waals surface area contributed by atoms with Crippen LogP contribution in [0.25, 0.3) is 0 Å². The summed E-state index contributed by atoms with van der Waals surface area (Å²) in [5.41, 5.74) is 0.665. The zero-order valence-corrected chi connectivity index (χ0v) is 8.17. The molecule has 0 aliphatic rings. The Kier molecular flexibility index (Phi) is 2.99. The van der Waals surface area contributed by atoms with Gasteiger partial charge in [0.25, 0.3) is 0 Å². The molecule has 1 rings (SSSR count). The largest absolute Gasteiger partial charge is 0.363 e. The van der Waals surface area contributed by atoms with Crippen molar-refractivity contribution in [2.24, 2.45) is 0 Å². The maximum Gasteiger partial charge on any atom is 0.363 e. The lowest BCUT2D eigenvalue weighted by Crippen LogP contribution is -1.93. The maximum absolute atomic E-state index is 10.3. The van der Waals surface area contributed by atoms with Crippen LogP contribution in [0.2, 0.25) is 0 Å². The van der Waals surface area contributed by atoms with Gasteiger partial charge >= 0.3 is 5.82 Å². The average Bonchev–Trinajstić information content (AvgIpc) is 2.05. The fourth-order valence-corrected chi connectivity index (χ4v) is 1.41. The zero-order valence-electron chi connectivity index (χ0n) is 5.83. The number of aromatic nitrogens is 1. The highest BCUT2D eigenvalue weighted by Crippen LogP contribution is 2.20. The molecule has 1 aromatic rings. The van der Waals surface area contributed by atoms with Gasteiger partial charge in [-0.15, -0.1) is 11.6 Å². The van der Waals surface area contributed by atoms with Crippen LogP contribution >= 0.6 is 27.5 Å². The van der Waals surface area contributed by atoms with Gasteiger partial charge in [0.05, 0.1) is 4.47 Å². The van der Waals surface area contributed by atoms with E-state index < -0.39 is 4.92 Å². The summed E-state index contributed by atoms with van der Waals surface area (Å²) in [6.45, 7) is 0. The second-order valence-corrected chi connectivity index (χ2v) is 3.15. The number of rotatable bonds is 2. The molecule has 64 valence electrons. The Morgan fingerprint density at radius 2 is 2.42 bits per heavy atom. The monoisotopic (exact) mass is 250 g/mol. The molecule has 0 radical (unpaired) electrons. The Labute approximate surface area is 81.8 Å². The highest BCUT2D eigenvalue weighted by atomic mass is 79.9. The van der Waals surface area contributed by atoms with Crippen molar-refractivity contribution in [1.82, 2.24) is 4.98 Å². The summed E-state index contributed by atoms with van der Waals surface area (Å²) in [5, 5.41) is 10.3. The van der Waals surface area contributed by atoms with Gasteiger partial charge in [-0.1, -0.05) is 0 Å². The van der Waals surface area contributed by atoms with Crippen molar-refractivity contribution in [3.8, 4) is 0 Å². The summed E-state index contributed by atoms with van der Waals surface area (Å²) in [4.78, 5) is 13.3. The van der Waals surface area contributed by atoms with Crippen molar-refractivity contribution in [1.29, 1.82) is 0 Å². The number of nitro groups is 1. The molecule has 0 aromatic carbocycles. The van der Waals surface area contributed by atoms with Crippen molar-refractivity contribution < 1.29 is 4.92 Å². The lowest BCUT2D eigenvalue weighted by Gasteiger charge is -1.96. The van der Waals surface area contributed by atoms with Gasteiger partial charge in [0, 0.05) is 11.9 Å². The van der Waals surface area contributed by atoms with E-state index in [1.54, 1.807) is 0 Å². The van der Waals surface area contributed by atoms with Gasteiger partial charge in [-0.25, -0.2) is 0 Å². The van der Waals surface area contributed by atoms with Crippen LogP contribution in [0.1, 0.15) is 5.56 Å². The quantitative estimate of drug-likeness (QED) is 0.461. The number of pyridine rings is 1. The van der Waals surface area contributed by atoms with Crippen molar-refractivity contribution in [2.45, 2.75) is 5.88 Å². The number of nitrogens with zero attached hydrogens (tertiary/aromatic N) is 2. The third kappa shape index (κ3) is 1.92. The van der Waals surface area contributed by atoms with Crippen molar-refractivity contribution >= 4 is 33.3 Å². The highest BCUT2D eigenvalue weighted by Gasteiger charge is 2.10. The molecule has 0 amide bonds. The SMILES string of the molecule is O=[N+]([O-])c1cc(CCl)c(Br)cn1. The van der Waals surface area contributed by atoms with Crippen molar-refractivity contribution in [2.75, 3.05) is 0 Å². The van der Waals surface area contributed by atoms with Gasteiger partial charge in [0.2, 0.25) is 0 Å². The van der Waals surface area contributed by atoms with E-state index in [2.05, 4.69) is 20.9 Å². The van der Waals surface area contributed by atoms with Gasteiger partial charge in [-0.05, 0) is 31.4 Å². The number of alkyl halides is 1. The van der Waals surface area contributed by atoms with Crippen LogP contribution < -0.4 is 0 Å². The molecule has 6 heteroatoms. The number of halogens is 2. The summed E-state index contributed by atoms with van der Waals surface area (Å²) >= 11 is 8.70. The smallest absolute Gasteiger partial charge is 0.358 e. The molecule has 0 bridgehead atoms. The number of hydrogen-bond acceptors (Lipinski definition) is 3. The molecule has 4 nitrogen and oxygen atoms in total. The fraction of sp³-hybridized carbons (Fsp3) is 0.167. The Morgan fingerprint density at radius 1 is 1.75 bits per heavy atom. The third-order valence-electron chi connectivity index (χ3n) is 1.25. The van der Waals surface area contributed by atoms with Crippen LogP contribution in [0.15, 0.2) is 16.7 Å². The number of hydrogen-bond donors (Lipinski definition) is 0. The van der Waals surface area contributed by atoms with Crippen LogP contribution in [-0.4, -0.2) is 9.91 Å². The minimum atomic E-state index is -0.553. The van der Waals surface area contributed by atoms with Gasteiger partial charge in [0.1, 0.15) is 0 Å². The molecule has 0 atom stereocenters. The Morgan fingerprint density at radius 3 is 2.92 bits per heavy atom. The molecule has 0 aliphatic carbocycles. The Balaban J connectivity index is 3.13. The highest BCUT2D eigenvalue weighted by molar-refractivity contribution is 9.10. The topological polar surface area (TPSA) is 56.0 Å². The van der Waals surface area contributed by atoms with E-state index in [1.807, 2.05) is 0 Å². The van der Waals surface area contributed by atoms with Crippen LogP contribution in [0.4, 0.5) is 5.82 Å². The van der Waals surface area contributed by atoms with E-state index in [4.69, 9.17) is 11.6 Å². The van der Waals surface area contributed by atoms with Crippen LogP contribution in [0, 0.1) is 10.1 Å². The van der Waals surface area contributed by atoms with Gasteiger partial charge in [-0.3, -0.25) is 0 Å². The van der Waals surface area contributed by atoms with Crippen molar-refractivity contribution in [3.63, 3.8) is 0 Å². The van der Waals surface area contributed by atoms with Gasteiger partial charge in [-0.2, -0.15) is 0 Å². The lowest BCUT2D eigenvalue weighted by molar-refractivity contribution is -0.389. The van der Waals surface area contributed by atoms with E-state index in [9.17, 15) is 10.1 Å². The van der Waals surface area contributed by atoms with Crippen LogP contribution in [0.3, 0.4) is 0 Å². The average molecular weight is 251 g/mol. The van der Waals surface area contributed by atoms with E-state index in [1.165, 1.54) is 12.3 Å². The summed E-state index contributed by atoms with van der Waals surface area (Å²) in [7, 11) is 0. The second-order valence-electron chi connectivity index (χ2n) is 2.02. The Hall–Kier alpha value is -0.680. The first kappa shape index (κ1) is 9.41. The molecule has 0 saturated carbocycles. The lowest BCUT2D eigenvalue weighted by atomic mass is 10.3. The minimum absolute atomic E-state index is 0.186. The molecular formula is C6H4BrClN2O2. The molecule has 0 spiro atoms. The van der Waals surface area contributed by atoms with Crippen molar-refractivity contribution in [3.05, 3.63) is 32.4 Å². The molecule has 0 N–H and O–H groups in total.